The molecule has 2 saturated heterocycles. The van der Waals surface area contributed by atoms with Crippen molar-refractivity contribution in [3.8, 4) is 0 Å². The van der Waals surface area contributed by atoms with Crippen molar-refractivity contribution < 1.29 is 4.92 Å². The van der Waals surface area contributed by atoms with Crippen LogP contribution in [0.25, 0.3) is 0 Å². The molecule has 108 valence electrons. The molecule has 4 heteroatoms. The summed E-state index contributed by atoms with van der Waals surface area (Å²) in [6, 6.07) is 9.68. The largest absolute Gasteiger partial charge is 0.293 e. The minimum atomic E-state index is -0.483. The van der Waals surface area contributed by atoms with E-state index >= 15 is 0 Å². The highest BCUT2D eigenvalue weighted by molar-refractivity contribution is 5.26. The van der Waals surface area contributed by atoms with Crippen molar-refractivity contribution >= 4 is 0 Å². The van der Waals surface area contributed by atoms with Crippen molar-refractivity contribution in [3.05, 3.63) is 46.0 Å². The Morgan fingerprint density at radius 3 is 2.65 bits per heavy atom. The Balaban J connectivity index is 2.05. The summed E-state index contributed by atoms with van der Waals surface area (Å²) < 4.78 is 0. The molecule has 0 N–H and O–H groups in total. The fourth-order valence-corrected chi connectivity index (χ4v) is 4.31. The molecule has 0 aliphatic carbocycles. The molecule has 0 radical (unpaired) electrons. The molecule has 2 heterocycles. The summed E-state index contributed by atoms with van der Waals surface area (Å²) in [5.74, 6) is -0.00181. The summed E-state index contributed by atoms with van der Waals surface area (Å²) in [4.78, 5) is 14.1. The molecule has 0 spiro atoms. The maximum absolute atomic E-state index is 11.7. The molecule has 2 aliphatic rings. The van der Waals surface area contributed by atoms with Crippen molar-refractivity contribution in [3.63, 3.8) is 0 Å². The summed E-state index contributed by atoms with van der Waals surface area (Å²) in [7, 11) is 0. The van der Waals surface area contributed by atoms with Crippen LogP contribution in [0.2, 0.25) is 0 Å². The van der Waals surface area contributed by atoms with E-state index in [9.17, 15) is 10.1 Å². The molecule has 3 atom stereocenters. The average Bonchev–Trinajstić information content (AvgIpc) is 2.83. The van der Waals surface area contributed by atoms with Gasteiger partial charge >= 0.3 is 0 Å². The first kappa shape index (κ1) is 13.6. The third-order valence-electron chi connectivity index (χ3n) is 5.00. The van der Waals surface area contributed by atoms with Crippen molar-refractivity contribution in [2.24, 2.45) is 5.41 Å². The van der Waals surface area contributed by atoms with Gasteiger partial charge in [-0.05, 0) is 30.4 Å². The van der Waals surface area contributed by atoms with Crippen LogP contribution in [0.15, 0.2) is 30.3 Å². The Morgan fingerprint density at radius 2 is 2.00 bits per heavy atom. The summed E-state index contributed by atoms with van der Waals surface area (Å²) in [6.07, 6.45) is 2.05. The maximum atomic E-state index is 11.7. The lowest BCUT2D eigenvalue weighted by atomic mass is 9.66. The molecule has 4 nitrogen and oxygen atoms in total. The van der Waals surface area contributed by atoms with Gasteiger partial charge in [0.25, 0.3) is 0 Å². The Morgan fingerprint density at radius 1 is 1.30 bits per heavy atom. The second kappa shape index (κ2) is 4.85. The number of piperidine rings is 1. The van der Waals surface area contributed by atoms with E-state index in [1.54, 1.807) is 0 Å². The molecular formula is C16H22N2O2. The van der Waals surface area contributed by atoms with Gasteiger partial charge in [-0.25, -0.2) is 0 Å². The SMILES string of the molecule is CC1(C)CN2CCCC2C([N+](=O)[O-])C1c1ccccc1. The zero-order valence-electron chi connectivity index (χ0n) is 12.2. The molecule has 1 aromatic carbocycles. The van der Waals surface area contributed by atoms with Crippen LogP contribution >= 0.6 is 0 Å². The number of hydrogen-bond acceptors (Lipinski definition) is 3. The lowest BCUT2D eigenvalue weighted by molar-refractivity contribution is -0.541. The summed E-state index contributed by atoms with van der Waals surface area (Å²) in [5, 5.41) is 11.7. The van der Waals surface area contributed by atoms with Gasteiger partial charge in [-0.2, -0.15) is 0 Å². The molecule has 0 amide bonds. The van der Waals surface area contributed by atoms with Gasteiger partial charge in [0.15, 0.2) is 0 Å². The second-order valence-corrected chi connectivity index (χ2v) is 6.83. The van der Waals surface area contributed by atoms with Crippen LogP contribution in [0, 0.1) is 15.5 Å². The quantitative estimate of drug-likeness (QED) is 0.615. The highest BCUT2D eigenvalue weighted by atomic mass is 16.6. The Bertz CT molecular complexity index is 500. The van der Waals surface area contributed by atoms with Crippen molar-refractivity contribution in [1.82, 2.24) is 4.90 Å². The molecule has 1 aromatic rings. The Kier molecular flexibility index (Phi) is 3.28. The van der Waals surface area contributed by atoms with Crippen LogP contribution in [-0.4, -0.2) is 35.0 Å². The average molecular weight is 274 g/mol. The van der Waals surface area contributed by atoms with E-state index in [1.165, 1.54) is 0 Å². The van der Waals surface area contributed by atoms with Gasteiger partial charge in [0, 0.05) is 11.5 Å². The van der Waals surface area contributed by atoms with Gasteiger partial charge in [-0.15, -0.1) is 0 Å². The number of hydrogen-bond donors (Lipinski definition) is 0. The number of fused-ring (bicyclic) bond motifs is 1. The maximum Gasteiger partial charge on any atom is 0.235 e. The standard InChI is InChI=1S/C16H22N2O2/c1-16(2)11-17-10-6-9-13(17)15(18(19)20)14(16)12-7-4-3-5-8-12/h3-5,7-8,13-15H,6,9-11H2,1-2H3. The van der Waals surface area contributed by atoms with Crippen molar-refractivity contribution in [2.75, 3.05) is 13.1 Å². The topological polar surface area (TPSA) is 46.4 Å². The van der Waals surface area contributed by atoms with E-state index in [0.29, 0.717) is 0 Å². The first-order chi connectivity index (χ1) is 9.50. The van der Waals surface area contributed by atoms with Gasteiger partial charge in [0.1, 0.15) is 0 Å². The van der Waals surface area contributed by atoms with Crippen LogP contribution in [0.4, 0.5) is 0 Å². The van der Waals surface area contributed by atoms with Gasteiger partial charge in [-0.3, -0.25) is 15.0 Å². The number of benzene rings is 1. The first-order valence-corrected chi connectivity index (χ1v) is 7.43. The molecule has 0 bridgehead atoms. The lowest BCUT2D eigenvalue weighted by Crippen LogP contribution is -2.58. The third-order valence-corrected chi connectivity index (χ3v) is 5.00. The van der Waals surface area contributed by atoms with Crippen LogP contribution in [0.1, 0.15) is 38.2 Å². The highest BCUT2D eigenvalue weighted by Gasteiger charge is 2.55. The summed E-state index contributed by atoms with van der Waals surface area (Å²) in [6.45, 7) is 6.33. The van der Waals surface area contributed by atoms with Gasteiger partial charge in [0.2, 0.25) is 6.04 Å². The highest BCUT2D eigenvalue weighted by Crippen LogP contribution is 2.47. The molecule has 0 saturated carbocycles. The molecule has 0 aromatic heterocycles. The van der Waals surface area contributed by atoms with Gasteiger partial charge < -0.3 is 0 Å². The van der Waals surface area contributed by atoms with E-state index in [-0.39, 0.29) is 22.3 Å². The summed E-state index contributed by atoms with van der Waals surface area (Å²) >= 11 is 0. The van der Waals surface area contributed by atoms with Gasteiger partial charge in [-0.1, -0.05) is 44.2 Å². The molecule has 2 aliphatic heterocycles. The fraction of sp³-hybridized carbons (Fsp3) is 0.625. The van der Waals surface area contributed by atoms with E-state index in [0.717, 1.165) is 31.5 Å². The van der Waals surface area contributed by atoms with Crippen LogP contribution in [-0.2, 0) is 0 Å². The lowest BCUT2D eigenvalue weighted by Gasteiger charge is -2.47. The fourth-order valence-electron chi connectivity index (χ4n) is 4.31. The molecule has 3 unspecified atom stereocenters. The zero-order chi connectivity index (χ0) is 14.3. The Labute approximate surface area is 119 Å². The molecular weight excluding hydrogens is 252 g/mol. The second-order valence-electron chi connectivity index (χ2n) is 6.83. The van der Waals surface area contributed by atoms with Crippen LogP contribution in [0.5, 0.6) is 0 Å². The van der Waals surface area contributed by atoms with E-state index in [2.05, 4.69) is 18.7 Å². The van der Waals surface area contributed by atoms with E-state index in [1.807, 2.05) is 30.3 Å². The predicted molar refractivity (Wildman–Crippen MR) is 78.3 cm³/mol. The van der Waals surface area contributed by atoms with E-state index in [4.69, 9.17) is 0 Å². The number of rotatable bonds is 2. The predicted octanol–water partition coefficient (Wildman–Crippen LogP) is 2.92. The number of nitrogens with zero attached hydrogens (tertiary/aromatic N) is 2. The number of nitro groups is 1. The normalized spacial score (nSPS) is 32.8. The van der Waals surface area contributed by atoms with Gasteiger partial charge in [0.05, 0.1) is 12.0 Å². The first-order valence-electron chi connectivity index (χ1n) is 7.43. The minimum absolute atomic E-state index is 0.00181. The van der Waals surface area contributed by atoms with Crippen LogP contribution < -0.4 is 0 Å². The molecule has 3 rings (SSSR count). The molecule has 2 fully saturated rings. The van der Waals surface area contributed by atoms with Crippen molar-refractivity contribution in [1.29, 1.82) is 0 Å². The van der Waals surface area contributed by atoms with Crippen LogP contribution in [0.3, 0.4) is 0 Å². The Hall–Kier alpha value is -1.42. The van der Waals surface area contributed by atoms with E-state index < -0.39 is 6.04 Å². The molecule has 20 heavy (non-hydrogen) atoms. The monoisotopic (exact) mass is 274 g/mol. The zero-order valence-corrected chi connectivity index (χ0v) is 12.2. The minimum Gasteiger partial charge on any atom is -0.293 e. The smallest absolute Gasteiger partial charge is 0.235 e. The third kappa shape index (κ3) is 2.12. The van der Waals surface area contributed by atoms with Crippen molar-refractivity contribution in [2.45, 2.75) is 44.7 Å². The summed E-state index contributed by atoms with van der Waals surface area (Å²) in [5.41, 5.74) is 1.05.